The number of rotatable bonds is 8. The molecule has 0 saturated carbocycles. The lowest BCUT2D eigenvalue weighted by Crippen LogP contribution is -2.33. The molecule has 0 aromatic heterocycles. The molecule has 0 radical (unpaired) electrons. The number of hydrogen-bond donors (Lipinski definition) is 1. The van der Waals surface area contributed by atoms with Crippen molar-refractivity contribution in [3.8, 4) is 5.75 Å². The van der Waals surface area contributed by atoms with Gasteiger partial charge in [-0.15, -0.1) is 0 Å². The molecule has 1 unspecified atom stereocenters. The Balaban J connectivity index is 2.65. The second-order valence-corrected chi connectivity index (χ2v) is 6.19. The van der Waals surface area contributed by atoms with Gasteiger partial charge < -0.3 is 15.0 Å². The summed E-state index contributed by atoms with van der Waals surface area (Å²) in [5, 5.41) is 3.40. The summed E-state index contributed by atoms with van der Waals surface area (Å²) in [6.45, 7) is 10.7. The first-order chi connectivity index (χ1) is 9.42. The van der Waals surface area contributed by atoms with Gasteiger partial charge in [0.2, 0.25) is 0 Å². The van der Waals surface area contributed by atoms with Gasteiger partial charge in [-0.05, 0) is 51.6 Å². The molecule has 3 heteroatoms. The van der Waals surface area contributed by atoms with Crippen LogP contribution in [0.2, 0.25) is 0 Å². The van der Waals surface area contributed by atoms with Crippen molar-refractivity contribution < 1.29 is 4.74 Å². The predicted molar refractivity (Wildman–Crippen MR) is 86.3 cm³/mol. The van der Waals surface area contributed by atoms with E-state index in [9.17, 15) is 0 Å². The maximum Gasteiger partial charge on any atom is 0.119 e. The average Bonchev–Trinajstić information content (AvgIpc) is 2.35. The summed E-state index contributed by atoms with van der Waals surface area (Å²) >= 11 is 0. The average molecular weight is 278 g/mol. The van der Waals surface area contributed by atoms with Crippen molar-refractivity contribution in [2.75, 3.05) is 27.2 Å². The van der Waals surface area contributed by atoms with Gasteiger partial charge in [0.05, 0.1) is 6.10 Å². The van der Waals surface area contributed by atoms with Gasteiger partial charge in [-0.3, -0.25) is 0 Å². The fourth-order valence-electron chi connectivity index (χ4n) is 2.42. The molecular weight excluding hydrogens is 248 g/mol. The monoisotopic (exact) mass is 278 g/mol. The minimum Gasteiger partial charge on any atom is -0.491 e. The zero-order valence-corrected chi connectivity index (χ0v) is 13.8. The second kappa shape index (κ2) is 8.28. The van der Waals surface area contributed by atoms with Crippen LogP contribution in [-0.2, 0) is 0 Å². The van der Waals surface area contributed by atoms with Crippen LogP contribution in [0.3, 0.4) is 0 Å². The van der Waals surface area contributed by atoms with Crippen LogP contribution in [0.15, 0.2) is 24.3 Å². The van der Waals surface area contributed by atoms with E-state index in [1.54, 1.807) is 0 Å². The first kappa shape index (κ1) is 17.0. The van der Waals surface area contributed by atoms with E-state index in [0.717, 1.165) is 18.8 Å². The lowest BCUT2D eigenvalue weighted by atomic mass is 10.1. The summed E-state index contributed by atoms with van der Waals surface area (Å²) in [5.74, 6) is 1.63. The topological polar surface area (TPSA) is 24.5 Å². The SMILES string of the molecule is CNC(CN(C)CC(C)C)c1ccc(OC(C)C)cc1. The fourth-order valence-corrected chi connectivity index (χ4v) is 2.42. The van der Waals surface area contributed by atoms with Gasteiger partial charge in [0.15, 0.2) is 0 Å². The van der Waals surface area contributed by atoms with E-state index in [-0.39, 0.29) is 6.10 Å². The zero-order chi connectivity index (χ0) is 15.1. The Kier molecular flexibility index (Phi) is 7.03. The lowest BCUT2D eigenvalue weighted by Gasteiger charge is -2.25. The molecule has 0 heterocycles. The zero-order valence-electron chi connectivity index (χ0n) is 13.8. The molecule has 0 aliphatic rings. The van der Waals surface area contributed by atoms with Crippen LogP contribution in [-0.4, -0.2) is 38.2 Å². The number of nitrogens with zero attached hydrogens (tertiary/aromatic N) is 1. The Labute approximate surface area is 124 Å². The van der Waals surface area contributed by atoms with E-state index >= 15 is 0 Å². The highest BCUT2D eigenvalue weighted by atomic mass is 16.5. The first-order valence-corrected chi connectivity index (χ1v) is 7.54. The summed E-state index contributed by atoms with van der Waals surface area (Å²) in [6.07, 6.45) is 0.220. The maximum absolute atomic E-state index is 5.69. The van der Waals surface area contributed by atoms with Gasteiger partial charge in [-0.2, -0.15) is 0 Å². The van der Waals surface area contributed by atoms with Gasteiger partial charge >= 0.3 is 0 Å². The third-order valence-corrected chi connectivity index (χ3v) is 3.17. The Morgan fingerprint density at radius 3 is 2.10 bits per heavy atom. The van der Waals surface area contributed by atoms with E-state index in [0.29, 0.717) is 12.0 Å². The van der Waals surface area contributed by atoms with E-state index in [4.69, 9.17) is 4.74 Å². The van der Waals surface area contributed by atoms with Crippen molar-refractivity contribution in [3.05, 3.63) is 29.8 Å². The van der Waals surface area contributed by atoms with Gasteiger partial charge in [0, 0.05) is 19.1 Å². The molecule has 114 valence electrons. The lowest BCUT2D eigenvalue weighted by molar-refractivity contribution is 0.242. The molecular formula is C17H30N2O. The smallest absolute Gasteiger partial charge is 0.119 e. The molecule has 0 saturated heterocycles. The van der Waals surface area contributed by atoms with Crippen LogP contribution in [0.25, 0.3) is 0 Å². The largest absolute Gasteiger partial charge is 0.491 e. The van der Waals surface area contributed by atoms with E-state index < -0.39 is 0 Å². The van der Waals surface area contributed by atoms with Crippen molar-refractivity contribution in [2.45, 2.75) is 39.8 Å². The maximum atomic E-state index is 5.69. The number of hydrogen-bond acceptors (Lipinski definition) is 3. The Morgan fingerprint density at radius 1 is 1.05 bits per heavy atom. The highest BCUT2D eigenvalue weighted by Crippen LogP contribution is 2.19. The predicted octanol–water partition coefficient (Wildman–Crippen LogP) is 3.32. The quantitative estimate of drug-likeness (QED) is 0.789. The number of ether oxygens (including phenoxy) is 1. The first-order valence-electron chi connectivity index (χ1n) is 7.54. The third-order valence-electron chi connectivity index (χ3n) is 3.17. The van der Waals surface area contributed by atoms with Crippen LogP contribution in [0.5, 0.6) is 5.75 Å². The Bertz CT molecular complexity index is 373. The van der Waals surface area contributed by atoms with Gasteiger partial charge in [-0.25, -0.2) is 0 Å². The number of nitrogens with one attached hydrogen (secondary N) is 1. The molecule has 0 aliphatic carbocycles. The Morgan fingerprint density at radius 2 is 1.65 bits per heavy atom. The molecule has 3 nitrogen and oxygen atoms in total. The molecule has 0 fully saturated rings. The van der Waals surface area contributed by atoms with Crippen molar-refractivity contribution in [1.82, 2.24) is 10.2 Å². The van der Waals surface area contributed by atoms with Crippen LogP contribution >= 0.6 is 0 Å². The highest BCUT2D eigenvalue weighted by molar-refractivity contribution is 5.29. The van der Waals surface area contributed by atoms with Crippen LogP contribution in [0, 0.1) is 5.92 Å². The minimum atomic E-state index is 0.220. The molecule has 1 aromatic rings. The molecule has 1 rings (SSSR count). The molecule has 1 atom stereocenters. The molecule has 0 spiro atoms. The minimum absolute atomic E-state index is 0.220. The molecule has 0 bridgehead atoms. The van der Waals surface area contributed by atoms with Gasteiger partial charge in [-0.1, -0.05) is 26.0 Å². The summed E-state index contributed by atoms with van der Waals surface area (Å²) in [6, 6.07) is 8.78. The van der Waals surface area contributed by atoms with Crippen molar-refractivity contribution in [1.29, 1.82) is 0 Å². The second-order valence-electron chi connectivity index (χ2n) is 6.19. The molecule has 1 aromatic carbocycles. The van der Waals surface area contributed by atoms with Crippen molar-refractivity contribution >= 4 is 0 Å². The van der Waals surface area contributed by atoms with E-state index in [1.807, 2.05) is 20.9 Å². The van der Waals surface area contributed by atoms with E-state index in [1.165, 1.54) is 5.56 Å². The normalized spacial score (nSPS) is 13.2. The summed E-state index contributed by atoms with van der Waals surface area (Å²) in [7, 11) is 4.20. The Hall–Kier alpha value is -1.06. The van der Waals surface area contributed by atoms with Gasteiger partial charge in [0.1, 0.15) is 5.75 Å². The number of benzene rings is 1. The standard InChI is InChI=1S/C17H30N2O/c1-13(2)11-19(6)12-17(18-5)15-7-9-16(10-8-15)20-14(3)4/h7-10,13-14,17-18H,11-12H2,1-6H3. The molecule has 20 heavy (non-hydrogen) atoms. The summed E-state index contributed by atoms with van der Waals surface area (Å²) in [4.78, 5) is 2.38. The highest BCUT2D eigenvalue weighted by Gasteiger charge is 2.13. The summed E-state index contributed by atoms with van der Waals surface area (Å²) < 4.78 is 5.69. The van der Waals surface area contributed by atoms with Crippen molar-refractivity contribution in [3.63, 3.8) is 0 Å². The third kappa shape index (κ3) is 5.93. The van der Waals surface area contributed by atoms with E-state index in [2.05, 4.69) is 55.4 Å². The van der Waals surface area contributed by atoms with Crippen LogP contribution < -0.4 is 10.1 Å². The fraction of sp³-hybridized carbons (Fsp3) is 0.647. The van der Waals surface area contributed by atoms with Crippen LogP contribution in [0.1, 0.15) is 39.3 Å². The number of likely N-dealkylation sites (N-methyl/N-ethyl adjacent to an activating group) is 2. The van der Waals surface area contributed by atoms with Gasteiger partial charge in [0.25, 0.3) is 0 Å². The summed E-state index contributed by atoms with van der Waals surface area (Å²) in [5.41, 5.74) is 1.30. The van der Waals surface area contributed by atoms with Crippen molar-refractivity contribution in [2.24, 2.45) is 5.92 Å². The molecule has 0 amide bonds. The van der Waals surface area contributed by atoms with Crippen LogP contribution in [0.4, 0.5) is 0 Å². The molecule has 0 aliphatic heterocycles. The molecule has 1 N–H and O–H groups in total.